The van der Waals surface area contributed by atoms with Crippen molar-refractivity contribution in [2.45, 2.75) is 18.9 Å². The number of fused-ring (bicyclic) bond motifs is 1. The second-order valence-electron chi connectivity index (χ2n) is 9.71. The minimum atomic E-state index is -0.693. The van der Waals surface area contributed by atoms with E-state index in [1.165, 1.54) is 26.6 Å². The number of carbonyl (C=O) groups is 1. The molecular formula is C29H30Cl2N6O4. The van der Waals surface area contributed by atoms with Gasteiger partial charge in [-0.05, 0) is 57.2 Å². The van der Waals surface area contributed by atoms with Gasteiger partial charge in [0.05, 0.1) is 36.1 Å². The fraction of sp³-hybridized carbons (Fsp3) is 0.310. The summed E-state index contributed by atoms with van der Waals surface area (Å²) in [6.45, 7) is 2.13. The molecule has 1 fully saturated rings. The van der Waals surface area contributed by atoms with E-state index in [0.717, 1.165) is 31.7 Å². The maximum absolute atomic E-state index is 12.9. The highest BCUT2D eigenvalue weighted by atomic mass is 35.5. The van der Waals surface area contributed by atoms with E-state index >= 15 is 0 Å². The van der Waals surface area contributed by atoms with Crippen LogP contribution >= 0.6 is 23.2 Å². The number of nitrogens with one attached hydrogen (secondary N) is 1. The molecule has 2 aromatic heterocycles. The number of rotatable bonds is 7. The van der Waals surface area contributed by atoms with Crippen molar-refractivity contribution < 1.29 is 19.0 Å². The third-order valence-electron chi connectivity index (χ3n) is 7.23. The third-order valence-corrected chi connectivity index (χ3v) is 7.98. The molecule has 0 spiro atoms. The highest BCUT2D eigenvalue weighted by molar-refractivity contribution is 6.41. The van der Waals surface area contributed by atoms with Crippen LogP contribution in [0.5, 0.6) is 17.2 Å². The molecule has 0 atom stereocenters. The number of pyridine rings is 1. The maximum atomic E-state index is 12.9. The Bertz CT molecular complexity index is 1530. The summed E-state index contributed by atoms with van der Waals surface area (Å²) in [7, 11) is 7.20. The number of hydrogen-bond acceptors (Lipinski definition) is 9. The van der Waals surface area contributed by atoms with Gasteiger partial charge < -0.3 is 24.0 Å². The normalized spacial score (nSPS) is 14.1. The van der Waals surface area contributed by atoms with Crippen LogP contribution in [0.2, 0.25) is 10.0 Å². The highest BCUT2D eigenvalue weighted by Gasteiger charge is 2.24. The predicted octanol–water partition coefficient (Wildman–Crippen LogP) is 6.16. The van der Waals surface area contributed by atoms with Crippen molar-refractivity contribution >= 4 is 51.8 Å². The number of methoxy groups -OCH3 is 2. The second kappa shape index (κ2) is 12.3. The van der Waals surface area contributed by atoms with Gasteiger partial charge in [0.25, 0.3) is 0 Å². The summed E-state index contributed by atoms with van der Waals surface area (Å²) in [5, 5.41) is 3.30. The Morgan fingerprint density at radius 3 is 2.22 bits per heavy atom. The molecule has 0 aliphatic carbocycles. The van der Waals surface area contributed by atoms with E-state index in [0.29, 0.717) is 45.4 Å². The molecule has 4 aromatic rings. The van der Waals surface area contributed by atoms with E-state index in [-0.39, 0.29) is 15.8 Å². The van der Waals surface area contributed by atoms with Gasteiger partial charge in [-0.3, -0.25) is 10.3 Å². The van der Waals surface area contributed by atoms with Gasteiger partial charge in [0.15, 0.2) is 5.75 Å². The molecule has 0 radical (unpaired) electrons. The number of hydrogen-bond donors (Lipinski definition) is 1. The number of carbonyl (C=O) groups excluding carboxylic acids is 1. The molecule has 1 amide bonds. The Kier molecular flexibility index (Phi) is 8.63. The summed E-state index contributed by atoms with van der Waals surface area (Å²) >= 11 is 13.3. The van der Waals surface area contributed by atoms with E-state index in [1.807, 2.05) is 6.07 Å². The zero-order chi connectivity index (χ0) is 29.1. The van der Waals surface area contributed by atoms with Gasteiger partial charge in [-0.15, -0.1) is 0 Å². The number of ether oxygens (including phenoxy) is 3. The van der Waals surface area contributed by atoms with Crippen LogP contribution in [0.3, 0.4) is 0 Å². The second-order valence-corrected chi connectivity index (χ2v) is 10.5. The fourth-order valence-electron chi connectivity index (χ4n) is 4.92. The number of anilines is 2. The largest absolute Gasteiger partial charge is 0.495 e. The first-order valence-electron chi connectivity index (χ1n) is 13.0. The van der Waals surface area contributed by atoms with Crippen LogP contribution < -0.4 is 24.4 Å². The Hall–Kier alpha value is -3.86. The minimum absolute atomic E-state index is 0.211. The molecule has 5 rings (SSSR count). The lowest BCUT2D eigenvalue weighted by Gasteiger charge is -2.35. The smallest absolute Gasteiger partial charge is 0.417 e. The summed E-state index contributed by atoms with van der Waals surface area (Å²) in [6.07, 6.45) is 6.13. The van der Waals surface area contributed by atoms with Crippen LogP contribution in [0.15, 0.2) is 48.9 Å². The van der Waals surface area contributed by atoms with Crippen LogP contribution in [0, 0.1) is 0 Å². The molecule has 12 heteroatoms. The first-order valence-corrected chi connectivity index (χ1v) is 13.8. The van der Waals surface area contributed by atoms with Crippen molar-refractivity contribution in [1.82, 2.24) is 19.9 Å². The molecule has 1 aliphatic rings. The lowest BCUT2D eigenvalue weighted by Crippen LogP contribution is -2.42. The Morgan fingerprint density at radius 2 is 1.61 bits per heavy atom. The number of likely N-dealkylation sites (tertiary alicyclic amines) is 1. The molecule has 214 valence electrons. The van der Waals surface area contributed by atoms with Crippen LogP contribution in [0.1, 0.15) is 12.8 Å². The predicted molar refractivity (Wildman–Crippen MR) is 161 cm³/mol. The maximum Gasteiger partial charge on any atom is 0.417 e. The van der Waals surface area contributed by atoms with Gasteiger partial charge in [0.1, 0.15) is 28.4 Å². The monoisotopic (exact) mass is 596 g/mol. The number of benzene rings is 2. The number of halogens is 2. The molecule has 1 aliphatic heterocycles. The molecule has 0 bridgehead atoms. The summed E-state index contributed by atoms with van der Waals surface area (Å²) in [6, 6.07) is 9.06. The van der Waals surface area contributed by atoms with Crippen LogP contribution in [0.25, 0.3) is 22.2 Å². The summed E-state index contributed by atoms with van der Waals surface area (Å²) in [5.41, 5.74) is 2.32. The summed E-state index contributed by atoms with van der Waals surface area (Å²) in [5.74, 6) is 1.83. The highest BCUT2D eigenvalue weighted by Crippen LogP contribution is 2.48. The van der Waals surface area contributed by atoms with Crippen LogP contribution in [-0.4, -0.2) is 73.4 Å². The van der Waals surface area contributed by atoms with E-state index in [9.17, 15) is 4.79 Å². The molecule has 10 nitrogen and oxygen atoms in total. The molecule has 0 unspecified atom stereocenters. The standard InChI is InChI=1S/C29H30Cl2N6O4/c1-36-13-9-18(10-14-36)37(2)23-8-5-17(16-34-23)35-29(38)41-20-7-6-19(27-28(20)33-12-11-32-27)24-25(30)21(39-3)15-22(40-4)26(24)31/h5-8,11-12,15-16,18H,9-10,13-14H2,1-4H3,(H,35,38). The number of aromatic nitrogens is 3. The van der Waals surface area contributed by atoms with Crippen molar-refractivity contribution in [3.8, 4) is 28.4 Å². The minimum Gasteiger partial charge on any atom is -0.495 e. The summed E-state index contributed by atoms with van der Waals surface area (Å²) in [4.78, 5) is 30.8. The number of nitrogens with zero attached hydrogens (tertiary/aromatic N) is 5. The zero-order valence-corrected chi connectivity index (χ0v) is 24.7. The van der Waals surface area contributed by atoms with Crippen molar-refractivity contribution in [1.29, 1.82) is 0 Å². The Morgan fingerprint density at radius 1 is 0.951 bits per heavy atom. The van der Waals surface area contributed by atoms with Gasteiger partial charge in [0.2, 0.25) is 0 Å². The van der Waals surface area contributed by atoms with Crippen molar-refractivity contribution in [3.63, 3.8) is 0 Å². The van der Waals surface area contributed by atoms with Crippen LogP contribution in [0.4, 0.5) is 16.3 Å². The summed E-state index contributed by atoms with van der Waals surface area (Å²) < 4.78 is 16.5. The van der Waals surface area contributed by atoms with Gasteiger partial charge >= 0.3 is 6.09 Å². The molecule has 3 heterocycles. The van der Waals surface area contributed by atoms with Crippen molar-refractivity contribution in [2.24, 2.45) is 0 Å². The third kappa shape index (κ3) is 5.95. The van der Waals surface area contributed by atoms with Gasteiger partial charge in [-0.2, -0.15) is 0 Å². The SMILES string of the molecule is COc1cc(OC)c(Cl)c(-c2ccc(OC(=O)Nc3ccc(N(C)C4CCN(C)CC4)nc3)c3nccnc23)c1Cl. The molecule has 1 N–H and O–H groups in total. The number of piperidine rings is 1. The zero-order valence-electron chi connectivity index (χ0n) is 23.1. The number of amides is 1. The average Bonchev–Trinajstić information content (AvgIpc) is 2.99. The molecule has 41 heavy (non-hydrogen) atoms. The van der Waals surface area contributed by atoms with Crippen LogP contribution in [-0.2, 0) is 0 Å². The van der Waals surface area contributed by atoms with Crippen molar-refractivity contribution in [3.05, 3.63) is 59.0 Å². The fourth-order valence-corrected chi connectivity index (χ4v) is 5.62. The van der Waals surface area contributed by atoms with E-state index in [4.69, 9.17) is 37.4 Å². The lowest BCUT2D eigenvalue weighted by molar-refractivity contribution is 0.215. The Balaban J connectivity index is 1.36. The topological polar surface area (TPSA) is 102 Å². The molecule has 1 saturated heterocycles. The first kappa shape index (κ1) is 28.7. The van der Waals surface area contributed by atoms with Gasteiger partial charge in [0, 0.05) is 42.7 Å². The van der Waals surface area contributed by atoms with Crippen molar-refractivity contribution in [2.75, 3.05) is 51.6 Å². The first-order chi connectivity index (χ1) is 19.8. The van der Waals surface area contributed by atoms with E-state index in [1.54, 1.807) is 30.5 Å². The molecular weight excluding hydrogens is 567 g/mol. The van der Waals surface area contributed by atoms with Gasteiger partial charge in [-0.1, -0.05) is 23.2 Å². The molecule has 0 saturated carbocycles. The molecule has 2 aromatic carbocycles. The lowest BCUT2D eigenvalue weighted by atomic mass is 10.0. The van der Waals surface area contributed by atoms with E-state index < -0.39 is 6.09 Å². The van der Waals surface area contributed by atoms with Gasteiger partial charge in [-0.25, -0.2) is 14.8 Å². The Labute approximate surface area is 248 Å². The van der Waals surface area contributed by atoms with E-state index in [2.05, 4.69) is 44.2 Å². The quantitative estimate of drug-likeness (QED) is 0.269. The average molecular weight is 598 g/mol.